The number of aryl methyl sites for hydroxylation is 1. The van der Waals surface area contributed by atoms with Crippen molar-refractivity contribution in [2.45, 2.75) is 33.1 Å². The van der Waals surface area contributed by atoms with Crippen LogP contribution >= 0.6 is 11.6 Å². The molecule has 2 atom stereocenters. The molecule has 27 heavy (non-hydrogen) atoms. The van der Waals surface area contributed by atoms with Crippen molar-refractivity contribution < 1.29 is 4.79 Å². The number of benzene rings is 2. The molecule has 0 spiro atoms. The van der Waals surface area contributed by atoms with E-state index >= 15 is 0 Å². The molecule has 3 aromatic rings. The van der Waals surface area contributed by atoms with E-state index in [1.807, 2.05) is 0 Å². The summed E-state index contributed by atoms with van der Waals surface area (Å²) in [6, 6.07) is 13.2. The SMILES string of the molecule is Cc1c(C2C(CCNC(=O)CCl)C2(C)C)c2ccc3ccccc3c2n1C. The van der Waals surface area contributed by atoms with Gasteiger partial charge in [0.15, 0.2) is 0 Å². The van der Waals surface area contributed by atoms with Gasteiger partial charge < -0.3 is 9.88 Å². The molecule has 0 bridgehead atoms. The second kappa shape index (κ2) is 6.56. The number of aromatic nitrogens is 1. The molecule has 1 aliphatic rings. The number of halogens is 1. The average molecular weight is 383 g/mol. The molecule has 1 saturated carbocycles. The van der Waals surface area contributed by atoms with Crippen LogP contribution in [-0.2, 0) is 11.8 Å². The van der Waals surface area contributed by atoms with Gasteiger partial charge in [-0.25, -0.2) is 0 Å². The second-order valence-electron chi connectivity index (χ2n) is 8.42. The lowest BCUT2D eigenvalue weighted by Gasteiger charge is -2.04. The normalized spacial score (nSPS) is 20.9. The van der Waals surface area contributed by atoms with Gasteiger partial charge in [-0.1, -0.05) is 50.2 Å². The third-order valence-corrected chi connectivity index (χ3v) is 6.92. The minimum absolute atomic E-state index is 0.0347. The fourth-order valence-electron chi connectivity index (χ4n) is 5.04. The number of nitrogens with zero attached hydrogens (tertiary/aromatic N) is 1. The zero-order valence-corrected chi connectivity index (χ0v) is 17.2. The molecule has 1 heterocycles. The van der Waals surface area contributed by atoms with Crippen LogP contribution in [0.3, 0.4) is 0 Å². The Morgan fingerprint density at radius 1 is 1.19 bits per heavy atom. The number of hydrogen-bond acceptors (Lipinski definition) is 1. The van der Waals surface area contributed by atoms with Crippen molar-refractivity contribution in [3.05, 3.63) is 47.7 Å². The number of alkyl halides is 1. The number of carbonyl (C=O) groups excluding carboxylic acids is 1. The predicted molar refractivity (Wildman–Crippen MR) is 114 cm³/mol. The van der Waals surface area contributed by atoms with Crippen LogP contribution in [0.5, 0.6) is 0 Å². The van der Waals surface area contributed by atoms with Gasteiger partial charge in [0.2, 0.25) is 5.91 Å². The van der Waals surface area contributed by atoms with E-state index in [0.29, 0.717) is 18.4 Å². The van der Waals surface area contributed by atoms with E-state index in [1.165, 1.54) is 32.9 Å². The number of rotatable bonds is 5. The van der Waals surface area contributed by atoms with E-state index in [2.05, 4.69) is 74.1 Å². The maximum absolute atomic E-state index is 11.4. The Balaban J connectivity index is 1.73. The number of nitrogens with one attached hydrogen (secondary N) is 1. The number of carbonyl (C=O) groups is 1. The highest BCUT2D eigenvalue weighted by molar-refractivity contribution is 6.27. The van der Waals surface area contributed by atoms with Gasteiger partial charge in [0.25, 0.3) is 0 Å². The van der Waals surface area contributed by atoms with Crippen LogP contribution in [0, 0.1) is 18.3 Å². The Hall–Kier alpha value is -2.00. The molecule has 0 radical (unpaired) electrons. The van der Waals surface area contributed by atoms with E-state index in [0.717, 1.165) is 6.42 Å². The Morgan fingerprint density at radius 3 is 2.67 bits per heavy atom. The van der Waals surface area contributed by atoms with E-state index < -0.39 is 0 Å². The summed E-state index contributed by atoms with van der Waals surface area (Å²) in [7, 11) is 2.18. The molecule has 3 nitrogen and oxygen atoms in total. The predicted octanol–water partition coefficient (Wildman–Crippen LogP) is 5.12. The van der Waals surface area contributed by atoms with Gasteiger partial charge in [-0.05, 0) is 41.5 Å². The summed E-state index contributed by atoms with van der Waals surface area (Å²) >= 11 is 5.59. The van der Waals surface area contributed by atoms with Crippen molar-refractivity contribution in [3.8, 4) is 0 Å². The zero-order valence-electron chi connectivity index (χ0n) is 16.5. The summed E-state index contributed by atoms with van der Waals surface area (Å²) in [5.41, 5.74) is 4.41. The highest BCUT2D eigenvalue weighted by Crippen LogP contribution is 2.67. The third-order valence-electron chi connectivity index (χ3n) is 6.68. The van der Waals surface area contributed by atoms with Gasteiger partial charge >= 0.3 is 0 Å². The molecule has 4 rings (SSSR count). The van der Waals surface area contributed by atoms with E-state index in [9.17, 15) is 4.79 Å². The van der Waals surface area contributed by atoms with Gasteiger partial charge in [-0.3, -0.25) is 4.79 Å². The van der Waals surface area contributed by atoms with Gasteiger partial charge in [-0.2, -0.15) is 0 Å². The molecule has 2 aromatic carbocycles. The maximum atomic E-state index is 11.4. The highest BCUT2D eigenvalue weighted by Gasteiger charge is 2.58. The molecular formula is C23H27ClN2O. The monoisotopic (exact) mass is 382 g/mol. The first-order valence-electron chi connectivity index (χ1n) is 9.67. The van der Waals surface area contributed by atoms with Crippen molar-refractivity contribution in [1.29, 1.82) is 0 Å². The number of hydrogen-bond donors (Lipinski definition) is 1. The molecule has 1 fully saturated rings. The zero-order chi connectivity index (χ0) is 19.3. The van der Waals surface area contributed by atoms with Crippen LogP contribution in [0.2, 0.25) is 0 Å². The first-order chi connectivity index (χ1) is 12.9. The van der Waals surface area contributed by atoms with Crippen molar-refractivity contribution in [2.24, 2.45) is 18.4 Å². The summed E-state index contributed by atoms with van der Waals surface area (Å²) in [6.45, 7) is 7.64. The van der Waals surface area contributed by atoms with E-state index in [-0.39, 0.29) is 17.2 Å². The quantitative estimate of drug-likeness (QED) is 0.610. The standard InChI is InChI=1S/C23H27ClN2O/c1-14-20(21-18(23(21,2)3)11-12-25-19(27)13-24)17-10-9-15-7-5-6-8-16(15)22(17)26(14)4/h5-10,18,21H,11-13H2,1-4H3,(H,25,27). The van der Waals surface area contributed by atoms with Gasteiger partial charge in [-0.15, -0.1) is 11.6 Å². The molecule has 142 valence electrons. The van der Waals surface area contributed by atoms with Crippen LogP contribution in [-0.4, -0.2) is 22.9 Å². The van der Waals surface area contributed by atoms with Gasteiger partial charge in [0.1, 0.15) is 5.88 Å². The number of amides is 1. The lowest BCUT2D eigenvalue weighted by Crippen LogP contribution is -2.25. The van der Waals surface area contributed by atoms with Crippen molar-refractivity contribution >= 4 is 39.2 Å². The average Bonchev–Trinajstić information content (AvgIpc) is 3.09. The Bertz CT molecular complexity index is 1030. The summed E-state index contributed by atoms with van der Waals surface area (Å²) in [5, 5.41) is 6.89. The highest BCUT2D eigenvalue weighted by atomic mass is 35.5. The second-order valence-corrected chi connectivity index (χ2v) is 8.69. The van der Waals surface area contributed by atoms with Crippen LogP contribution < -0.4 is 5.32 Å². The molecule has 0 saturated heterocycles. The Labute approximate surface area is 165 Å². The fraction of sp³-hybridized carbons (Fsp3) is 0.435. The van der Waals surface area contributed by atoms with Crippen LogP contribution in [0.4, 0.5) is 0 Å². The summed E-state index contributed by atoms with van der Waals surface area (Å²) in [6.07, 6.45) is 0.990. The molecule has 1 N–H and O–H groups in total. The fourth-order valence-corrected chi connectivity index (χ4v) is 5.13. The lowest BCUT2D eigenvalue weighted by molar-refractivity contribution is -0.118. The number of fused-ring (bicyclic) bond motifs is 3. The largest absolute Gasteiger partial charge is 0.355 e. The molecule has 1 amide bonds. The third kappa shape index (κ3) is 2.84. The minimum Gasteiger partial charge on any atom is -0.355 e. The summed E-state index contributed by atoms with van der Waals surface area (Å²) in [4.78, 5) is 11.4. The Kier molecular flexibility index (Phi) is 4.46. The van der Waals surface area contributed by atoms with Crippen LogP contribution in [0.1, 0.15) is 37.4 Å². The van der Waals surface area contributed by atoms with Crippen LogP contribution in [0.15, 0.2) is 36.4 Å². The van der Waals surface area contributed by atoms with Crippen molar-refractivity contribution in [1.82, 2.24) is 9.88 Å². The molecule has 0 aliphatic heterocycles. The smallest absolute Gasteiger partial charge is 0.234 e. The van der Waals surface area contributed by atoms with Crippen molar-refractivity contribution in [2.75, 3.05) is 12.4 Å². The van der Waals surface area contributed by atoms with Crippen LogP contribution in [0.25, 0.3) is 21.7 Å². The van der Waals surface area contributed by atoms with Crippen molar-refractivity contribution in [3.63, 3.8) is 0 Å². The van der Waals surface area contributed by atoms with Gasteiger partial charge in [0, 0.05) is 30.1 Å². The lowest BCUT2D eigenvalue weighted by atomic mass is 9.98. The summed E-state index contributed by atoms with van der Waals surface area (Å²) < 4.78 is 2.35. The molecule has 1 aliphatic carbocycles. The maximum Gasteiger partial charge on any atom is 0.234 e. The van der Waals surface area contributed by atoms with Gasteiger partial charge in [0.05, 0.1) is 5.52 Å². The molecular weight excluding hydrogens is 356 g/mol. The first kappa shape index (κ1) is 18.4. The molecule has 2 unspecified atom stereocenters. The molecule has 1 aromatic heterocycles. The van der Waals surface area contributed by atoms with E-state index in [4.69, 9.17) is 11.6 Å². The summed E-state index contributed by atoms with van der Waals surface area (Å²) in [5.74, 6) is 1.05. The Morgan fingerprint density at radius 2 is 1.93 bits per heavy atom. The molecule has 4 heteroatoms. The minimum atomic E-state index is -0.0838. The first-order valence-corrected chi connectivity index (χ1v) is 10.2. The van der Waals surface area contributed by atoms with E-state index in [1.54, 1.807) is 0 Å². The topological polar surface area (TPSA) is 34.0 Å².